The van der Waals surface area contributed by atoms with Crippen molar-refractivity contribution in [3.05, 3.63) is 0 Å². The van der Waals surface area contributed by atoms with Gasteiger partial charge in [-0.1, -0.05) is 0 Å². The van der Waals surface area contributed by atoms with Crippen LogP contribution in [0.15, 0.2) is 0 Å². The van der Waals surface area contributed by atoms with Crippen LogP contribution in [0.2, 0.25) is 5.32 Å². The van der Waals surface area contributed by atoms with Crippen LogP contribution in [-0.4, -0.2) is 74.0 Å². The van der Waals surface area contributed by atoms with E-state index in [1.807, 2.05) is 23.5 Å². The van der Waals surface area contributed by atoms with Gasteiger partial charge in [-0.3, -0.25) is 0 Å². The molecule has 0 aliphatic carbocycles. The third kappa shape index (κ3) is 4.11. The monoisotopic (exact) mass is 378 g/mol. The molecule has 3 aliphatic rings. The summed E-state index contributed by atoms with van der Waals surface area (Å²) >= 11 is 5.35. The molecule has 6 heteroatoms. The predicted molar refractivity (Wildman–Crippen MR) is 68.3 cm³/mol. The van der Waals surface area contributed by atoms with Crippen LogP contribution in [-0.2, 0) is 9.47 Å². The molecule has 0 aromatic carbocycles. The molecular formula is C9H14O2S2Se2. The summed E-state index contributed by atoms with van der Waals surface area (Å²) in [7, 11) is 0. The first-order valence-electron chi connectivity index (χ1n) is 5.13. The Morgan fingerprint density at radius 3 is 2.40 bits per heavy atom. The zero-order valence-electron chi connectivity index (χ0n) is 8.29. The van der Waals surface area contributed by atoms with Crippen LogP contribution in [0.5, 0.6) is 0 Å². The Balaban J connectivity index is 1.30. The Labute approximate surface area is 112 Å². The van der Waals surface area contributed by atoms with Crippen molar-refractivity contribution < 1.29 is 9.47 Å². The van der Waals surface area contributed by atoms with Crippen LogP contribution in [0.4, 0.5) is 0 Å². The van der Waals surface area contributed by atoms with E-state index in [2.05, 4.69) is 0 Å². The molecule has 2 nitrogen and oxygen atoms in total. The quantitative estimate of drug-likeness (QED) is 0.502. The molecule has 3 rings (SSSR count). The molecule has 0 bridgehead atoms. The molecule has 0 aromatic heterocycles. The topological polar surface area (TPSA) is 18.5 Å². The normalized spacial score (nSPS) is 43.2. The Bertz CT molecular complexity index is 202. The summed E-state index contributed by atoms with van der Waals surface area (Å²) in [5.41, 5.74) is 0. The van der Waals surface area contributed by atoms with Gasteiger partial charge in [-0.2, -0.15) is 0 Å². The number of ether oxygens (including phenoxy) is 2. The van der Waals surface area contributed by atoms with Gasteiger partial charge in [0.1, 0.15) is 0 Å². The third-order valence-corrected chi connectivity index (χ3v) is 11.9. The van der Waals surface area contributed by atoms with Gasteiger partial charge in [0.05, 0.1) is 0 Å². The van der Waals surface area contributed by atoms with Crippen LogP contribution in [0, 0.1) is 0 Å². The van der Waals surface area contributed by atoms with Crippen molar-refractivity contribution in [1.29, 1.82) is 0 Å². The first-order valence-corrected chi connectivity index (χ1v) is 11.4. The summed E-state index contributed by atoms with van der Waals surface area (Å²) in [6, 6.07) is 0. The molecule has 86 valence electrons. The summed E-state index contributed by atoms with van der Waals surface area (Å²) in [6.07, 6.45) is 0. The fourth-order valence-corrected chi connectivity index (χ4v) is 9.59. The Kier molecular flexibility index (Phi) is 4.33. The van der Waals surface area contributed by atoms with Crippen molar-refractivity contribution in [2.45, 2.75) is 24.7 Å². The number of hydrogen-bond donors (Lipinski definition) is 0. The van der Waals surface area contributed by atoms with Gasteiger partial charge in [-0.25, -0.2) is 0 Å². The van der Waals surface area contributed by atoms with E-state index in [-0.39, 0.29) is 0 Å². The van der Waals surface area contributed by atoms with Gasteiger partial charge in [0, 0.05) is 0 Å². The van der Waals surface area contributed by atoms with Crippen molar-refractivity contribution in [3.63, 3.8) is 0 Å². The molecule has 4 atom stereocenters. The van der Waals surface area contributed by atoms with Crippen LogP contribution in [0.1, 0.15) is 0 Å². The van der Waals surface area contributed by atoms with Gasteiger partial charge in [0.25, 0.3) is 0 Å². The molecule has 4 unspecified atom stereocenters. The van der Waals surface area contributed by atoms with Crippen molar-refractivity contribution >= 4 is 53.4 Å². The summed E-state index contributed by atoms with van der Waals surface area (Å²) in [4.78, 5) is 0. The van der Waals surface area contributed by atoms with Gasteiger partial charge in [-0.05, 0) is 0 Å². The van der Waals surface area contributed by atoms with E-state index in [0.29, 0.717) is 38.8 Å². The van der Waals surface area contributed by atoms with Crippen LogP contribution < -0.4 is 0 Å². The SMILES string of the molecule is C(OC1C[Se]C(OCC2CS2)[Se]1)C1CS1. The summed E-state index contributed by atoms with van der Waals surface area (Å²) < 4.78 is 12.5. The minimum atomic E-state index is 0.579. The average molecular weight is 376 g/mol. The Morgan fingerprint density at radius 1 is 1.07 bits per heavy atom. The van der Waals surface area contributed by atoms with Crippen molar-refractivity contribution in [2.75, 3.05) is 24.7 Å². The van der Waals surface area contributed by atoms with E-state index in [9.17, 15) is 0 Å². The second-order valence-electron chi connectivity index (χ2n) is 3.76. The van der Waals surface area contributed by atoms with Crippen molar-refractivity contribution in [3.8, 4) is 0 Å². The van der Waals surface area contributed by atoms with E-state index in [4.69, 9.17) is 9.47 Å². The Hall–Kier alpha value is 1.66. The molecule has 3 aliphatic heterocycles. The summed E-state index contributed by atoms with van der Waals surface area (Å²) in [5.74, 6) is 2.65. The number of hydrogen-bond acceptors (Lipinski definition) is 4. The second-order valence-corrected chi connectivity index (χ2v) is 12.8. The Morgan fingerprint density at radius 2 is 1.73 bits per heavy atom. The standard InChI is InChI=1S/C9H14O2S2Se2/c1(6-3-12-6)10-8-5-14-9(15-8)11-2-7-4-13-7/h6-9H,1-5H2. The van der Waals surface area contributed by atoms with Gasteiger partial charge < -0.3 is 0 Å². The first-order chi connectivity index (χ1) is 7.40. The maximum atomic E-state index is 5.93. The van der Waals surface area contributed by atoms with E-state index in [1.165, 1.54) is 16.8 Å². The predicted octanol–water partition coefficient (Wildman–Crippen LogP) is 0.700. The van der Waals surface area contributed by atoms with Gasteiger partial charge in [-0.15, -0.1) is 0 Å². The molecule has 0 N–H and O–H groups in total. The molecule has 3 heterocycles. The van der Waals surface area contributed by atoms with E-state index >= 15 is 0 Å². The zero-order valence-corrected chi connectivity index (χ0v) is 13.4. The number of thioether (sulfide) groups is 2. The number of rotatable bonds is 6. The fourth-order valence-electron chi connectivity index (χ4n) is 1.26. The third-order valence-electron chi connectivity index (χ3n) is 2.32. The molecule has 3 saturated heterocycles. The maximum absolute atomic E-state index is 5.93. The average Bonchev–Trinajstić information content (AvgIpc) is 3.14. The van der Waals surface area contributed by atoms with E-state index < -0.39 is 0 Å². The first kappa shape index (κ1) is 11.7. The molecular weight excluding hydrogens is 362 g/mol. The molecule has 0 saturated carbocycles. The minimum absolute atomic E-state index is 0.579. The zero-order chi connectivity index (χ0) is 10.1. The molecule has 3 fully saturated rings. The van der Waals surface area contributed by atoms with Crippen LogP contribution >= 0.6 is 23.5 Å². The summed E-state index contributed by atoms with van der Waals surface area (Å²) in [6.45, 7) is 2.00. The van der Waals surface area contributed by atoms with Gasteiger partial charge >= 0.3 is 112 Å². The van der Waals surface area contributed by atoms with E-state index in [0.717, 1.165) is 23.7 Å². The second kappa shape index (κ2) is 5.53. The van der Waals surface area contributed by atoms with Crippen molar-refractivity contribution in [2.24, 2.45) is 0 Å². The van der Waals surface area contributed by atoms with Crippen molar-refractivity contribution in [1.82, 2.24) is 0 Å². The summed E-state index contributed by atoms with van der Waals surface area (Å²) in [5, 5.41) is 3.54. The van der Waals surface area contributed by atoms with Gasteiger partial charge in [0.2, 0.25) is 0 Å². The fraction of sp³-hybridized carbons (Fsp3) is 1.00. The molecule has 0 spiro atoms. The molecule has 0 radical (unpaired) electrons. The molecule has 0 aromatic rings. The van der Waals surface area contributed by atoms with E-state index in [1.54, 1.807) is 0 Å². The molecule has 0 amide bonds. The molecule has 15 heavy (non-hydrogen) atoms. The van der Waals surface area contributed by atoms with Crippen LogP contribution in [0.25, 0.3) is 0 Å². The van der Waals surface area contributed by atoms with Gasteiger partial charge in [0.15, 0.2) is 0 Å². The van der Waals surface area contributed by atoms with Crippen LogP contribution in [0.3, 0.4) is 0 Å².